The minimum atomic E-state index is -0.406. The van der Waals surface area contributed by atoms with Crippen LogP contribution in [0, 0.1) is 17.2 Å². The molecule has 2 rings (SSSR count). The van der Waals surface area contributed by atoms with Crippen molar-refractivity contribution in [3.05, 3.63) is 29.6 Å². The van der Waals surface area contributed by atoms with Crippen molar-refractivity contribution in [2.45, 2.75) is 47.0 Å². The number of hydrogen-bond acceptors (Lipinski definition) is 2. The number of anilines is 1. The van der Waals surface area contributed by atoms with E-state index >= 15 is 0 Å². The fourth-order valence-corrected chi connectivity index (χ4v) is 3.33. The summed E-state index contributed by atoms with van der Waals surface area (Å²) in [6.45, 7) is 10.1. The van der Waals surface area contributed by atoms with E-state index in [1.54, 1.807) is 6.07 Å². The van der Waals surface area contributed by atoms with Crippen molar-refractivity contribution in [1.29, 1.82) is 0 Å². The molecule has 0 aromatic heterocycles. The zero-order valence-corrected chi connectivity index (χ0v) is 13.6. The molecule has 0 amide bonds. The summed E-state index contributed by atoms with van der Waals surface area (Å²) < 4.78 is 14.0. The van der Waals surface area contributed by atoms with Gasteiger partial charge in [0.15, 0.2) is 5.78 Å². The second-order valence-electron chi connectivity index (χ2n) is 7.17. The predicted molar refractivity (Wildman–Crippen MR) is 85.4 cm³/mol. The van der Waals surface area contributed by atoms with Gasteiger partial charge in [-0.1, -0.05) is 26.8 Å². The van der Waals surface area contributed by atoms with Crippen LogP contribution < -0.4 is 4.90 Å². The lowest BCUT2D eigenvalue weighted by molar-refractivity contribution is 0.101. The first-order valence-corrected chi connectivity index (χ1v) is 7.85. The van der Waals surface area contributed by atoms with Gasteiger partial charge in [0, 0.05) is 13.1 Å². The number of carbonyl (C=O) groups is 1. The molecular weight excluding hydrogens is 265 g/mol. The topological polar surface area (TPSA) is 20.3 Å². The molecule has 0 saturated carbocycles. The fraction of sp³-hybridized carbons (Fsp3) is 0.611. The van der Waals surface area contributed by atoms with Crippen LogP contribution in [0.25, 0.3) is 0 Å². The van der Waals surface area contributed by atoms with Crippen molar-refractivity contribution in [3.8, 4) is 0 Å². The fourth-order valence-electron chi connectivity index (χ4n) is 3.33. The SMILES string of the molecule is CC(=O)c1c(F)cccc1N1CCCC(C(C)(C)C)CC1. The first kappa shape index (κ1) is 16.0. The zero-order valence-electron chi connectivity index (χ0n) is 13.6. The maximum absolute atomic E-state index is 14.0. The number of halogens is 1. The first-order valence-electron chi connectivity index (χ1n) is 7.85. The second kappa shape index (κ2) is 6.17. The summed E-state index contributed by atoms with van der Waals surface area (Å²) >= 11 is 0. The van der Waals surface area contributed by atoms with E-state index in [0.717, 1.165) is 31.6 Å². The van der Waals surface area contributed by atoms with E-state index in [0.29, 0.717) is 11.3 Å². The number of rotatable bonds is 2. The largest absolute Gasteiger partial charge is 0.371 e. The maximum Gasteiger partial charge on any atom is 0.164 e. The smallest absolute Gasteiger partial charge is 0.164 e. The van der Waals surface area contributed by atoms with E-state index < -0.39 is 5.82 Å². The number of ketones is 1. The average molecular weight is 291 g/mol. The van der Waals surface area contributed by atoms with Gasteiger partial charge < -0.3 is 4.90 Å². The highest BCUT2D eigenvalue weighted by Gasteiger charge is 2.28. The van der Waals surface area contributed by atoms with E-state index in [2.05, 4.69) is 25.7 Å². The Morgan fingerprint density at radius 3 is 2.57 bits per heavy atom. The van der Waals surface area contributed by atoms with Crippen LogP contribution >= 0.6 is 0 Å². The van der Waals surface area contributed by atoms with Gasteiger partial charge in [0.05, 0.1) is 11.3 Å². The highest BCUT2D eigenvalue weighted by Crippen LogP contribution is 2.36. The number of benzene rings is 1. The summed E-state index contributed by atoms with van der Waals surface area (Å²) in [5, 5.41) is 0. The Bertz CT molecular complexity index is 518. The van der Waals surface area contributed by atoms with Gasteiger partial charge in [-0.25, -0.2) is 4.39 Å². The molecule has 1 saturated heterocycles. The van der Waals surface area contributed by atoms with Gasteiger partial charge in [-0.3, -0.25) is 4.79 Å². The third-order valence-corrected chi connectivity index (χ3v) is 4.64. The summed E-state index contributed by atoms with van der Waals surface area (Å²) in [5.74, 6) is 0.0770. The third kappa shape index (κ3) is 3.63. The normalized spacial score (nSPS) is 20.2. The van der Waals surface area contributed by atoms with Crippen LogP contribution in [0.2, 0.25) is 0 Å². The molecule has 21 heavy (non-hydrogen) atoms. The van der Waals surface area contributed by atoms with E-state index in [9.17, 15) is 9.18 Å². The van der Waals surface area contributed by atoms with Gasteiger partial charge in [-0.05, 0) is 49.7 Å². The molecule has 1 aromatic rings. The predicted octanol–water partition coefficient (Wildman–Crippen LogP) is 4.68. The molecule has 3 heteroatoms. The van der Waals surface area contributed by atoms with Crippen LogP contribution in [-0.4, -0.2) is 18.9 Å². The monoisotopic (exact) mass is 291 g/mol. The Hall–Kier alpha value is -1.38. The van der Waals surface area contributed by atoms with Crippen LogP contribution in [0.1, 0.15) is 57.3 Å². The molecule has 1 heterocycles. The Morgan fingerprint density at radius 2 is 1.95 bits per heavy atom. The van der Waals surface area contributed by atoms with Crippen LogP contribution in [-0.2, 0) is 0 Å². The molecule has 1 aliphatic heterocycles. The molecule has 2 nitrogen and oxygen atoms in total. The molecule has 1 aromatic carbocycles. The summed E-state index contributed by atoms with van der Waals surface area (Å²) in [7, 11) is 0. The number of carbonyl (C=O) groups excluding carboxylic acids is 1. The summed E-state index contributed by atoms with van der Waals surface area (Å²) in [6.07, 6.45) is 3.39. The van der Waals surface area contributed by atoms with Gasteiger partial charge in [0.1, 0.15) is 5.82 Å². The molecule has 0 N–H and O–H groups in total. The lowest BCUT2D eigenvalue weighted by atomic mass is 9.77. The van der Waals surface area contributed by atoms with Crippen molar-refractivity contribution in [2.24, 2.45) is 11.3 Å². The van der Waals surface area contributed by atoms with Crippen molar-refractivity contribution >= 4 is 11.5 Å². The van der Waals surface area contributed by atoms with Gasteiger partial charge in [-0.15, -0.1) is 0 Å². The first-order chi connectivity index (χ1) is 9.80. The Labute approximate surface area is 127 Å². The van der Waals surface area contributed by atoms with Gasteiger partial charge in [-0.2, -0.15) is 0 Å². The molecule has 0 bridgehead atoms. The van der Waals surface area contributed by atoms with Crippen LogP contribution in [0.5, 0.6) is 0 Å². The zero-order chi connectivity index (χ0) is 15.6. The quantitative estimate of drug-likeness (QED) is 0.737. The molecule has 0 radical (unpaired) electrons. The van der Waals surface area contributed by atoms with Crippen LogP contribution in [0.4, 0.5) is 10.1 Å². The summed E-state index contributed by atoms with van der Waals surface area (Å²) in [6, 6.07) is 4.94. The number of Topliss-reactive ketones (excluding diaryl/α,β-unsaturated/α-hetero) is 1. The van der Waals surface area contributed by atoms with Crippen molar-refractivity contribution in [2.75, 3.05) is 18.0 Å². The summed E-state index contributed by atoms with van der Waals surface area (Å²) in [4.78, 5) is 14.0. The van der Waals surface area contributed by atoms with Crippen LogP contribution in [0.15, 0.2) is 18.2 Å². The number of hydrogen-bond donors (Lipinski definition) is 0. The van der Waals surface area contributed by atoms with Crippen molar-refractivity contribution < 1.29 is 9.18 Å². The number of nitrogens with zero attached hydrogens (tertiary/aromatic N) is 1. The molecule has 0 aliphatic carbocycles. The van der Waals surface area contributed by atoms with Crippen LogP contribution in [0.3, 0.4) is 0 Å². The van der Waals surface area contributed by atoms with E-state index in [1.165, 1.54) is 19.4 Å². The maximum atomic E-state index is 14.0. The van der Waals surface area contributed by atoms with Crippen molar-refractivity contribution in [1.82, 2.24) is 0 Å². The highest BCUT2D eigenvalue weighted by atomic mass is 19.1. The minimum Gasteiger partial charge on any atom is -0.371 e. The third-order valence-electron chi connectivity index (χ3n) is 4.64. The standard InChI is InChI=1S/C18H26FNO/c1-13(21)17-15(19)8-5-9-16(17)20-11-6-7-14(10-12-20)18(2,3)4/h5,8-9,14H,6-7,10-12H2,1-4H3. The highest BCUT2D eigenvalue weighted by molar-refractivity contribution is 6.00. The minimum absolute atomic E-state index is 0.195. The van der Waals surface area contributed by atoms with E-state index in [1.807, 2.05) is 6.07 Å². The molecule has 1 aliphatic rings. The lowest BCUT2D eigenvalue weighted by Crippen LogP contribution is -2.27. The van der Waals surface area contributed by atoms with Crippen molar-refractivity contribution in [3.63, 3.8) is 0 Å². The van der Waals surface area contributed by atoms with E-state index in [4.69, 9.17) is 0 Å². The van der Waals surface area contributed by atoms with Gasteiger partial charge in [0.25, 0.3) is 0 Å². The van der Waals surface area contributed by atoms with E-state index in [-0.39, 0.29) is 11.3 Å². The van der Waals surface area contributed by atoms with Gasteiger partial charge >= 0.3 is 0 Å². The molecule has 116 valence electrons. The molecule has 1 unspecified atom stereocenters. The Balaban J connectivity index is 2.24. The van der Waals surface area contributed by atoms with Gasteiger partial charge in [0.2, 0.25) is 0 Å². The molecule has 1 atom stereocenters. The Kier molecular flexibility index (Phi) is 4.70. The summed E-state index contributed by atoms with van der Waals surface area (Å²) in [5.41, 5.74) is 1.31. The molecule has 0 spiro atoms. The Morgan fingerprint density at radius 1 is 1.24 bits per heavy atom. The molecular formula is C18H26FNO. The lowest BCUT2D eigenvalue weighted by Gasteiger charge is -2.30. The molecule has 1 fully saturated rings. The average Bonchev–Trinajstić information content (AvgIpc) is 2.63. The second-order valence-corrected chi connectivity index (χ2v) is 7.17.